The highest BCUT2D eigenvalue weighted by Crippen LogP contribution is 2.47. The predicted octanol–water partition coefficient (Wildman–Crippen LogP) is 2.18. The van der Waals surface area contributed by atoms with E-state index in [1.54, 1.807) is 12.1 Å². The fourth-order valence-corrected chi connectivity index (χ4v) is 3.14. The Hall–Kier alpha value is -0.970. The van der Waals surface area contributed by atoms with Crippen LogP contribution >= 0.6 is 0 Å². The molecular formula is C15H22FNO2. The molecule has 4 heteroatoms. The Balaban J connectivity index is 2.45. The van der Waals surface area contributed by atoms with Crippen LogP contribution in [-0.4, -0.2) is 24.9 Å². The number of hydrogen-bond acceptors (Lipinski definition) is 3. The van der Waals surface area contributed by atoms with Gasteiger partial charge < -0.3 is 15.6 Å². The quantitative estimate of drug-likeness (QED) is 0.879. The minimum atomic E-state index is -1.15. The van der Waals surface area contributed by atoms with Gasteiger partial charge in [-0.05, 0) is 37.0 Å². The summed E-state index contributed by atoms with van der Waals surface area (Å²) in [5.74, 6) is -0.340. The van der Waals surface area contributed by atoms with Crippen LogP contribution in [0.15, 0.2) is 24.3 Å². The summed E-state index contributed by atoms with van der Waals surface area (Å²) in [6, 6.07) is 6.17. The Morgan fingerprint density at radius 1 is 1.53 bits per heavy atom. The molecule has 106 valence electrons. The second-order valence-electron chi connectivity index (χ2n) is 5.36. The highest BCUT2D eigenvalue weighted by molar-refractivity contribution is 5.27. The number of ether oxygens (including phenoxy) is 1. The molecule has 0 radical (unpaired) electrons. The molecule has 1 aliphatic rings. The van der Waals surface area contributed by atoms with E-state index >= 15 is 0 Å². The van der Waals surface area contributed by atoms with E-state index in [9.17, 15) is 9.50 Å². The molecule has 1 heterocycles. The lowest BCUT2D eigenvalue weighted by molar-refractivity contribution is -0.151. The second-order valence-corrected chi connectivity index (χ2v) is 5.36. The molecule has 1 aromatic rings. The SMILES string of the molecule is CCC(O)(c1cccc(F)c1)C1(CN)CCCOC1. The summed E-state index contributed by atoms with van der Waals surface area (Å²) in [7, 11) is 0. The molecule has 0 aliphatic carbocycles. The number of rotatable bonds is 4. The molecule has 19 heavy (non-hydrogen) atoms. The fraction of sp³-hybridized carbons (Fsp3) is 0.600. The van der Waals surface area contributed by atoms with E-state index in [1.165, 1.54) is 12.1 Å². The Labute approximate surface area is 113 Å². The van der Waals surface area contributed by atoms with Gasteiger partial charge >= 0.3 is 0 Å². The topological polar surface area (TPSA) is 55.5 Å². The first-order valence-corrected chi connectivity index (χ1v) is 6.84. The lowest BCUT2D eigenvalue weighted by Crippen LogP contribution is -2.54. The highest BCUT2D eigenvalue weighted by Gasteiger charge is 2.50. The Morgan fingerprint density at radius 2 is 2.32 bits per heavy atom. The maximum absolute atomic E-state index is 13.5. The lowest BCUT2D eigenvalue weighted by atomic mass is 9.64. The number of aliphatic hydroxyl groups is 1. The van der Waals surface area contributed by atoms with Crippen LogP contribution in [0.25, 0.3) is 0 Å². The van der Waals surface area contributed by atoms with Gasteiger partial charge in [0.2, 0.25) is 0 Å². The van der Waals surface area contributed by atoms with Crippen molar-refractivity contribution in [3.05, 3.63) is 35.6 Å². The minimum absolute atomic E-state index is 0.327. The van der Waals surface area contributed by atoms with E-state index < -0.39 is 11.0 Å². The third kappa shape index (κ3) is 2.40. The molecule has 0 bridgehead atoms. The van der Waals surface area contributed by atoms with Crippen LogP contribution in [0, 0.1) is 11.2 Å². The summed E-state index contributed by atoms with van der Waals surface area (Å²) in [5, 5.41) is 11.2. The molecule has 1 aliphatic heterocycles. The molecule has 1 saturated heterocycles. The van der Waals surface area contributed by atoms with E-state index in [0.717, 1.165) is 12.8 Å². The molecule has 1 fully saturated rings. The Morgan fingerprint density at radius 3 is 2.84 bits per heavy atom. The van der Waals surface area contributed by atoms with Crippen LogP contribution in [0.5, 0.6) is 0 Å². The third-order valence-corrected chi connectivity index (χ3v) is 4.40. The summed E-state index contributed by atoms with van der Waals surface area (Å²) >= 11 is 0. The van der Waals surface area contributed by atoms with Gasteiger partial charge in [-0.1, -0.05) is 19.1 Å². The number of hydrogen-bond donors (Lipinski definition) is 2. The first-order chi connectivity index (χ1) is 9.08. The summed E-state index contributed by atoms with van der Waals surface area (Å²) < 4.78 is 19.0. The molecule has 3 nitrogen and oxygen atoms in total. The molecule has 2 unspecified atom stereocenters. The van der Waals surface area contributed by atoms with Crippen LogP contribution in [0.4, 0.5) is 4.39 Å². The number of nitrogens with two attached hydrogens (primary N) is 1. The normalized spacial score (nSPS) is 26.9. The third-order valence-electron chi connectivity index (χ3n) is 4.40. The van der Waals surface area contributed by atoms with Crippen LogP contribution in [0.2, 0.25) is 0 Å². The van der Waals surface area contributed by atoms with Crippen LogP contribution < -0.4 is 5.73 Å². The molecule has 0 aromatic heterocycles. The van der Waals surface area contributed by atoms with Crippen molar-refractivity contribution in [1.29, 1.82) is 0 Å². The van der Waals surface area contributed by atoms with Gasteiger partial charge in [-0.3, -0.25) is 0 Å². The summed E-state index contributed by atoms with van der Waals surface area (Å²) in [4.78, 5) is 0. The average molecular weight is 267 g/mol. The van der Waals surface area contributed by atoms with Crippen molar-refractivity contribution >= 4 is 0 Å². The van der Waals surface area contributed by atoms with Gasteiger partial charge in [-0.15, -0.1) is 0 Å². The number of halogens is 1. The van der Waals surface area contributed by atoms with Crippen molar-refractivity contribution in [2.45, 2.75) is 31.8 Å². The molecule has 2 rings (SSSR count). The van der Waals surface area contributed by atoms with Gasteiger partial charge in [0.05, 0.1) is 12.2 Å². The maximum atomic E-state index is 13.5. The van der Waals surface area contributed by atoms with Gasteiger partial charge in [-0.2, -0.15) is 0 Å². The molecule has 2 atom stereocenters. The molecule has 3 N–H and O–H groups in total. The lowest BCUT2D eigenvalue weighted by Gasteiger charge is -2.48. The zero-order valence-electron chi connectivity index (χ0n) is 11.4. The minimum Gasteiger partial charge on any atom is -0.384 e. The molecular weight excluding hydrogens is 245 g/mol. The molecule has 0 amide bonds. The highest BCUT2D eigenvalue weighted by atomic mass is 19.1. The van der Waals surface area contributed by atoms with Crippen LogP contribution in [0.1, 0.15) is 31.7 Å². The van der Waals surface area contributed by atoms with Crippen molar-refractivity contribution in [2.24, 2.45) is 11.1 Å². The first kappa shape index (κ1) is 14.4. The number of benzene rings is 1. The smallest absolute Gasteiger partial charge is 0.123 e. The summed E-state index contributed by atoms with van der Waals surface area (Å²) in [6.45, 7) is 3.35. The zero-order chi connectivity index (χ0) is 13.9. The van der Waals surface area contributed by atoms with E-state index in [0.29, 0.717) is 31.7 Å². The summed E-state index contributed by atoms with van der Waals surface area (Å²) in [5.41, 5.74) is 4.85. The maximum Gasteiger partial charge on any atom is 0.123 e. The largest absolute Gasteiger partial charge is 0.384 e. The van der Waals surface area contributed by atoms with E-state index in [-0.39, 0.29) is 5.82 Å². The summed E-state index contributed by atoms with van der Waals surface area (Å²) in [6.07, 6.45) is 2.15. The van der Waals surface area contributed by atoms with Gasteiger partial charge in [0.25, 0.3) is 0 Å². The van der Waals surface area contributed by atoms with Crippen LogP contribution in [-0.2, 0) is 10.3 Å². The van der Waals surface area contributed by atoms with Gasteiger partial charge in [-0.25, -0.2) is 4.39 Å². The fourth-order valence-electron chi connectivity index (χ4n) is 3.14. The van der Waals surface area contributed by atoms with E-state index in [4.69, 9.17) is 10.5 Å². The molecule has 0 spiro atoms. The predicted molar refractivity (Wildman–Crippen MR) is 72.1 cm³/mol. The monoisotopic (exact) mass is 267 g/mol. The molecule has 1 aromatic carbocycles. The van der Waals surface area contributed by atoms with Crippen molar-refractivity contribution in [3.8, 4) is 0 Å². The van der Waals surface area contributed by atoms with Crippen molar-refractivity contribution in [3.63, 3.8) is 0 Å². The molecule has 0 saturated carbocycles. The standard InChI is InChI=1S/C15H22FNO2/c1-2-15(18,12-5-3-6-13(16)9-12)14(10-17)7-4-8-19-11-14/h3,5-6,9,18H,2,4,7-8,10-11,17H2,1H3. The Kier molecular flexibility index (Phi) is 4.23. The van der Waals surface area contributed by atoms with Crippen molar-refractivity contribution in [2.75, 3.05) is 19.8 Å². The van der Waals surface area contributed by atoms with Crippen molar-refractivity contribution < 1.29 is 14.2 Å². The van der Waals surface area contributed by atoms with Crippen LogP contribution in [0.3, 0.4) is 0 Å². The van der Waals surface area contributed by atoms with Gasteiger partial charge in [0, 0.05) is 18.6 Å². The first-order valence-electron chi connectivity index (χ1n) is 6.84. The van der Waals surface area contributed by atoms with Gasteiger partial charge in [0.1, 0.15) is 5.82 Å². The van der Waals surface area contributed by atoms with E-state index in [2.05, 4.69) is 0 Å². The van der Waals surface area contributed by atoms with E-state index in [1.807, 2.05) is 6.92 Å². The van der Waals surface area contributed by atoms with Gasteiger partial charge in [0.15, 0.2) is 0 Å². The average Bonchev–Trinajstić information content (AvgIpc) is 2.47. The second kappa shape index (κ2) is 5.57. The zero-order valence-corrected chi connectivity index (χ0v) is 11.4. The Bertz CT molecular complexity index is 432. The van der Waals surface area contributed by atoms with Crippen molar-refractivity contribution in [1.82, 2.24) is 0 Å².